The van der Waals surface area contributed by atoms with E-state index in [9.17, 15) is 19.7 Å². The summed E-state index contributed by atoms with van der Waals surface area (Å²) in [6.07, 6.45) is 4.75. The van der Waals surface area contributed by atoms with Crippen molar-refractivity contribution >= 4 is 46.6 Å². The van der Waals surface area contributed by atoms with Crippen LogP contribution in [0.4, 0.5) is 11.4 Å². The molecule has 2 aromatic rings. The van der Waals surface area contributed by atoms with Crippen molar-refractivity contribution in [2.45, 2.75) is 40.0 Å². The molecule has 0 atom stereocenters. The topological polar surface area (TPSA) is 101 Å². The third-order valence-corrected chi connectivity index (χ3v) is 6.71. The molecule has 0 radical (unpaired) electrons. The third kappa shape index (κ3) is 4.21. The molecule has 2 aliphatic rings. The second-order valence-electron chi connectivity index (χ2n) is 8.51. The molecule has 1 aromatic carbocycles. The Hall–Kier alpha value is -3.53. The Kier molecular flexibility index (Phi) is 6.52. The van der Waals surface area contributed by atoms with Gasteiger partial charge < -0.3 is 9.47 Å². The third-order valence-electron chi connectivity index (χ3n) is 6.38. The number of anilines is 1. The largest absolute Gasteiger partial charge is 0.366 e. The first-order valence-electron chi connectivity index (χ1n) is 11.3. The maximum Gasteiger partial charge on any atom is 0.294 e. The Morgan fingerprint density at radius 2 is 1.85 bits per heavy atom. The monoisotopic (exact) mass is 481 g/mol. The molecule has 1 N–H and O–H groups in total. The molecule has 0 aliphatic carbocycles. The molecule has 9 nitrogen and oxygen atoms in total. The highest BCUT2D eigenvalue weighted by atomic mass is 32.1. The summed E-state index contributed by atoms with van der Waals surface area (Å²) in [6.45, 7) is 7.50. The smallest absolute Gasteiger partial charge is 0.294 e. The van der Waals surface area contributed by atoms with Gasteiger partial charge >= 0.3 is 0 Å². The van der Waals surface area contributed by atoms with Crippen molar-refractivity contribution in [2.75, 3.05) is 24.5 Å². The van der Waals surface area contributed by atoms with Gasteiger partial charge in [0.25, 0.3) is 17.5 Å². The Morgan fingerprint density at radius 3 is 2.50 bits per heavy atom. The van der Waals surface area contributed by atoms with Crippen LogP contribution < -0.4 is 10.2 Å². The highest BCUT2D eigenvalue weighted by Crippen LogP contribution is 2.34. The number of carbonyl (C=O) groups excluding carboxylic acids is 2. The average molecular weight is 482 g/mol. The fraction of sp³-hybridized carbons (Fsp3) is 0.375. The number of hydrogen-bond acceptors (Lipinski definition) is 6. The first-order valence-corrected chi connectivity index (χ1v) is 11.7. The molecule has 3 heterocycles. The summed E-state index contributed by atoms with van der Waals surface area (Å²) in [5.74, 6) is -0.978. The number of nitrogens with zero attached hydrogens (tertiary/aromatic N) is 4. The lowest BCUT2D eigenvalue weighted by atomic mass is 10.1. The zero-order valence-corrected chi connectivity index (χ0v) is 20.3. The van der Waals surface area contributed by atoms with Gasteiger partial charge in [0.05, 0.1) is 10.6 Å². The summed E-state index contributed by atoms with van der Waals surface area (Å²) < 4.78 is 1.90. The van der Waals surface area contributed by atoms with E-state index in [0.29, 0.717) is 23.5 Å². The predicted octanol–water partition coefficient (Wildman–Crippen LogP) is 3.64. The van der Waals surface area contributed by atoms with Crippen LogP contribution in [0, 0.1) is 24.0 Å². The Bertz CT molecular complexity index is 1230. The van der Waals surface area contributed by atoms with E-state index in [1.165, 1.54) is 4.90 Å². The van der Waals surface area contributed by atoms with Crippen molar-refractivity contribution in [3.05, 3.63) is 56.9 Å². The van der Waals surface area contributed by atoms with Gasteiger partial charge in [0.2, 0.25) is 0 Å². The molecule has 2 saturated heterocycles. The Labute approximate surface area is 203 Å². The number of rotatable bonds is 5. The van der Waals surface area contributed by atoms with Crippen LogP contribution in [0.15, 0.2) is 29.8 Å². The molecule has 2 amide bonds. The first kappa shape index (κ1) is 23.6. The second kappa shape index (κ2) is 9.38. The zero-order valence-electron chi connectivity index (χ0n) is 19.5. The van der Waals surface area contributed by atoms with Crippen LogP contribution in [-0.2, 0) is 9.59 Å². The van der Waals surface area contributed by atoms with E-state index in [1.807, 2.05) is 36.6 Å². The van der Waals surface area contributed by atoms with Gasteiger partial charge in [-0.1, -0.05) is 0 Å². The molecule has 4 rings (SSSR count). The van der Waals surface area contributed by atoms with Crippen molar-refractivity contribution in [1.29, 1.82) is 0 Å². The van der Waals surface area contributed by atoms with E-state index in [-0.39, 0.29) is 21.3 Å². The number of thiocarbonyl (C=S) groups is 1. The molecule has 10 heteroatoms. The van der Waals surface area contributed by atoms with E-state index in [4.69, 9.17) is 12.2 Å². The van der Waals surface area contributed by atoms with E-state index < -0.39 is 11.8 Å². The van der Waals surface area contributed by atoms with E-state index in [1.54, 1.807) is 19.1 Å². The molecule has 2 fully saturated rings. The summed E-state index contributed by atoms with van der Waals surface area (Å²) >= 11 is 5.09. The first-order chi connectivity index (χ1) is 16.2. The summed E-state index contributed by atoms with van der Waals surface area (Å²) in [4.78, 5) is 40.2. The van der Waals surface area contributed by atoms with Crippen LogP contribution in [0.2, 0.25) is 0 Å². The van der Waals surface area contributed by atoms with Gasteiger partial charge in [-0.2, -0.15) is 0 Å². The molecule has 0 spiro atoms. The van der Waals surface area contributed by atoms with E-state index >= 15 is 0 Å². The summed E-state index contributed by atoms with van der Waals surface area (Å²) in [5.41, 5.74) is 3.64. The maximum atomic E-state index is 12.8. The Morgan fingerprint density at radius 1 is 1.15 bits per heavy atom. The Balaban J connectivity index is 1.74. The number of nitro benzene ring substituents is 1. The number of hydrogen-bond donors (Lipinski definition) is 1. The molecule has 178 valence electrons. The number of aromatic nitrogens is 1. The molecule has 34 heavy (non-hydrogen) atoms. The average Bonchev–Trinajstić information content (AvgIpc) is 3.09. The van der Waals surface area contributed by atoms with Crippen LogP contribution in [0.25, 0.3) is 11.8 Å². The lowest BCUT2D eigenvalue weighted by Crippen LogP contribution is -2.53. The molecular formula is C24H27N5O4S. The van der Waals surface area contributed by atoms with Crippen molar-refractivity contribution in [3.8, 4) is 5.69 Å². The number of likely N-dealkylation sites (N-methyl/N-ethyl adjacent to an activating group) is 1. The number of amides is 2. The van der Waals surface area contributed by atoms with Crippen LogP contribution in [0.1, 0.15) is 43.1 Å². The minimum atomic E-state index is -0.536. The molecule has 0 saturated carbocycles. The SMILES string of the molecule is CCN1C(=O)/C(=C/c2cc(C)n(-c3ccc(N4CCCCC4)c([N+](=O)[O-])c3)c2C)C(=O)NC1=S. The highest BCUT2D eigenvalue weighted by Gasteiger charge is 2.32. The van der Waals surface area contributed by atoms with Crippen LogP contribution in [0.3, 0.4) is 0 Å². The minimum Gasteiger partial charge on any atom is -0.366 e. The number of carbonyl (C=O) groups is 2. The van der Waals surface area contributed by atoms with Crippen molar-refractivity contribution in [2.24, 2.45) is 0 Å². The van der Waals surface area contributed by atoms with Crippen LogP contribution in [-0.4, -0.2) is 51.0 Å². The quantitative estimate of drug-likeness (QED) is 0.230. The van der Waals surface area contributed by atoms with Crippen LogP contribution >= 0.6 is 12.2 Å². The molecular weight excluding hydrogens is 454 g/mol. The van der Waals surface area contributed by atoms with Gasteiger partial charge in [-0.3, -0.25) is 29.9 Å². The lowest BCUT2D eigenvalue weighted by molar-refractivity contribution is -0.384. The fourth-order valence-corrected chi connectivity index (χ4v) is 4.97. The van der Waals surface area contributed by atoms with Crippen molar-refractivity contribution < 1.29 is 14.5 Å². The fourth-order valence-electron chi connectivity index (χ4n) is 4.67. The summed E-state index contributed by atoms with van der Waals surface area (Å²) in [6, 6.07) is 7.14. The normalized spacial score (nSPS) is 18.0. The summed E-state index contributed by atoms with van der Waals surface area (Å²) in [5, 5.41) is 14.6. The number of nitro groups is 1. The van der Waals surface area contributed by atoms with Crippen molar-refractivity contribution in [1.82, 2.24) is 14.8 Å². The number of benzene rings is 1. The molecule has 0 unspecified atom stereocenters. The second-order valence-corrected chi connectivity index (χ2v) is 8.89. The van der Waals surface area contributed by atoms with Gasteiger partial charge in [0, 0.05) is 37.1 Å². The van der Waals surface area contributed by atoms with Gasteiger partial charge in [0.15, 0.2) is 5.11 Å². The van der Waals surface area contributed by atoms with Gasteiger partial charge in [-0.25, -0.2) is 0 Å². The number of piperidine rings is 1. The summed E-state index contributed by atoms with van der Waals surface area (Å²) in [7, 11) is 0. The van der Waals surface area contributed by atoms with Crippen molar-refractivity contribution in [3.63, 3.8) is 0 Å². The van der Waals surface area contributed by atoms with E-state index in [2.05, 4.69) is 10.2 Å². The number of nitrogens with one attached hydrogen (secondary N) is 1. The van der Waals surface area contributed by atoms with Crippen LogP contribution in [0.5, 0.6) is 0 Å². The maximum absolute atomic E-state index is 12.8. The van der Waals surface area contributed by atoms with Gasteiger partial charge in [0.1, 0.15) is 11.3 Å². The zero-order chi connectivity index (χ0) is 24.6. The predicted molar refractivity (Wildman–Crippen MR) is 134 cm³/mol. The standard InChI is InChI=1S/C24H27N5O4S/c1-4-27-23(31)19(22(30)25-24(27)34)13-17-12-15(2)28(16(17)3)18-8-9-20(21(14-18)29(32)33)26-10-6-5-7-11-26/h8-9,12-14H,4-7,10-11H2,1-3H3,(H,25,30,34)/b19-13+. The van der Waals surface area contributed by atoms with Gasteiger partial charge in [-0.15, -0.1) is 0 Å². The number of aryl methyl sites for hydroxylation is 1. The van der Waals surface area contributed by atoms with E-state index in [0.717, 1.165) is 43.7 Å². The molecule has 0 bridgehead atoms. The minimum absolute atomic E-state index is 0.00197. The van der Waals surface area contributed by atoms with Gasteiger partial charge in [-0.05, 0) is 82.1 Å². The molecule has 2 aliphatic heterocycles. The molecule has 1 aromatic heterocycles. The lowest BCUT2D eigenvalue weighted by Gasteiger charge is -2.28. The highest BCUT2D eigenvalue weighted by molar-refractivity contribution is 7.80.